The predicted molar refractivity (Wildman–Crippen MR) is 106 cm³/mol. The Bertz CT molecular complexity index is 762. The van der Waals surface area contributed by atoms with Gasteiger partial charge < -0.3 is 0 Å². The lowest BCUT2D eigenvalue weighted by Gasteiger charge is -2.22. The van der Waals surface area contributed by atoms with Crippen LogP contribution in [0.25, 0.3) is 0 Å². The molecule has 0 heterocycles. The third-order valence-corrected chi connectivity index (χ3v) is 5.54. The van der Waals surface area contributed by atoms with E-state index in [4.69, 9.17) is 0 Å². The molecule has 25 heavy (non-hydrogen) atoms. The van der Waals surface area contributed by atoms with Crippen molar-refractivity contribution < 1.29 is 4.79 Å². The highest BCUT2D eigenvalue weighted by Crippen LogP contribution is 2.32. The molecule has 0 bridgehead atoms. The van der Waals surface area contributed by atoms with Gasteiger partial charge in [0.05, 0.1) is 11.3 Å². The molecule has 130 valence electrons. The molecule has 1 saturated carbocycles. The van der Waals surface area contributed by atoms with E-state index in [-0.39, 0.29) is 5.91 Å². The number of nitrogens with zero attached hydrogens (tertiary/aromatic N) is 1. The van der Waals surface area contributed by atoms with Crippen LogP contribution in [0.2, 0.25) is 0 Å². The molecule has 0 spiro atoms. The van der Waals surface area contributed by atoms with E-state index in [1.807, 2.05) is 25.1 Å². The number of rotatable bonds is 4. The zero-order valence-corrected chi connectivity index (χ0v) is 16.1. The van der Waals surface area contributed by atoms with Crippen molar-refractivity contribution in [3.63, 3.8) is 0 Å². The molecule has 0 saturated heterocycles. The second-order valence-electron chi connectivity index (χ2n) is 6.57. The Balaban J connectivity index is 1.66. The van der Waals surface area contributed by atoms with Crippen molar-refractivity contribution in [3.05, 3.63) is 69.7 Å². The second kappa shape index (κ2) is 8.43. The summed E-state index contributed by atoms with van der Waals surface area (Å²) in [5.74, 6) is 0.487. The summed E-state index contributed by atoms with van der Waals surface area (Å²) in [5.41, 5.74) is 6.47. The largest absolute Gasteiger partial charge is 0.272 e. The van der Waals surface area contributed by atoms with Crippen LogP contribution in [0.15, 0.2) is 58.1 Å². The second-order valence-corrected chi connectivity index (χ2v) is 7.43. The zero-order valence-electron chi connectivity index (χ0n) is 14.5. The molecular weight excluding hydrogens is 376 g/mol. The highest BCUT2D eigenvalue weighted by Gasteiger charge is 2.15. The van der Waals surface area contributed by atoms with Crippen molar-refractivity contribution in [2.45, 2.75) is 44.9 Å². The van der Waals surface area contributed by atoms with Gasteiger partial charge in [0, 0.05) is 4.47 Å². The Morgan fingerprint density at radius 1 is 1.04 bits per heavy atom. The monoisotopic (exact) mass is 398 g/mol. The van der Waals surface area contributed by atoms with Crippen LogP contribution in [0.5, 0.6) is 0 Å². The minimum absolute atomic E-state index is 0.217. The molecule has 1 fully saturated rings. The van der Waals surface area contributed by atoms with Gasteiger partial charge in [-0.25, -0.2) is 5.43 Å². The lowest BCUT2D eigenvalue weighted by atomic mass is 9.84. The first-order chi connectivity index (χ1) is 12.1. The van der Waals surface area contributed by atoms with E-state index in [0.29, 0.717) is 11.5 Å². The SMILES string of the molecule is C/C(=N\NC(=O)c1ccccc1Br)c1ccc(C2CCCCC2)cc1. The van der Waals surface area contributed by atoms with Crippen LogP contribution in [0.4, 0.5) is 0 Å². The summed E-state index contributed by atoms with van der Waals surface area (Å²) >= 11 is 3.39. The average molecular weight is 399 g/mol. The van der Waals surface area contributed by atoms with Crippen molar-refractivity contribution in [1.29, 1.82) is 0 Å². The van der Waals surface area contributed by atoms with Crippen LogP contribution in [-0.2, 0) is 0 Å². The fourth-order valence-electron chi connectivity index (χ4n) is 3.34. The first-order valence-electron chi connectivity index (χ1n) is 8.84. The van der Waals surface area contributed by atoms with Crippen LogP contribution in [-0.4, -0.2) is 11.6 Å². The van der Waals surface area contributed by atoms with Gasteiger partial charge in [0.1, 0.15) is 0 Å². The molecule has 0 unspecified atom stereocenters. The first kappa shape index (κ1) is 17.9. The Morgan fingerprint density at radius 2 is 1.72 bits per heavy atom. The van der Waals surface area contributed by atoms with E-state index in [1.54, 1.807) is 6.07 Å². The van der Waals surface area contributed by atoms with E-state index in [0.717, 1.165) is 15.7 Å². The quantitative estimate of drug-likeness (QED) is 0.524. The summed E-state index contributed by atoms with van der Waals surface area (Å²) < 4.78 is 0.761. The van der Waals surface area contributed by atoms with Crippen LogP contribution in [0, 0.1) is 0 Å². The smallest absolute Gasteiger partial charge is 0.267 e. The van der Waals surface area contributed by atoms with Gasteiger partial charge in [-0.3, -0.25) is 4.79 Å². The molecule has 3 nitrogen and oxygen atoms in total. The van der Waals surface area contributed by atoms with Gasteiger partial charge in [-0.1, -0.05) is 55.7 Å². The van der Waals surface area contributed by atoms with Crippen molar-refractivity contribution in [3.8, 4) is 0 Å². The maximum atomic E-state index is 12.2. The van der Waals surface area contributed by atoms with Crippen molar-refractivity contribution in [2.24, 2.45) is 5.10 Å². The lowest BCUT2D eigenvalue weighted by Crippen LogP contribution is -2.19. The molecule has 0 aromatic heterocycles. The summed E-state index contributed by atoms with van der Waals surface area (Å²) in [6.07, 6.45) is 6.66. The maximum absolute atomic E-state index is 12.2. The summed E-state index contributed by atoms with van der Waals surface area (Å²) in [4.78, 5) is 12.2. The Labute approximate surface area is 157 Å². The van der Waals surface area contributed by atoms with Gasteiger partial charge >= 0.3 is 0 Å². The van der Waals surface area contributed by atoms with Crippen LogP contribution >= 0.6 is 15.9 Å². The van der Waals surface area contributed by atoms with E-state index in [1.165, 1.54) is 37.7 Å². The molecule has 3 rings (SSSR count). The Kier molecular flexibility index (Phi) is 6.03. The minimum Gasteiger partial charge on any atom is -0.267 e. The normalized spacial score (nSPS) is 15.8. The molecule has 0 aliphatic heterocycles. The molecule has 0 atom stereocenters. The summed E-state index contributed by atoms with van der Waals surface area (Å²) in [7, 11) is 0. The van der Waals surface area contributed by atoms with E-state index < -0.39 is 0 Å². The summed E-state index contributed by atoms with van der Waals surface area (Å²) in [6, 6.07) is 15.9. The average Bonchev–Trinajstić information content (AvgIpc) is 2.67. The topological polar surface area (TPSA) is 41.5 Å². The Morgan fingerprint density at radius 3 is 2.40 bits per heavy atom. The van der Waals surface area contributed by atoms with Crippen LogP contribution in [0.3, 0.4) is 0 Å². The third-order valence-electron chi connectivity index (χ3n) is 4.85. The lowest BCUT2D eigenvalue weighted by molar-refractivity contribution is 0.0954. The molecule has 1 N–H and O–H groups in total. The molecule has 4 heteroatoms. The fourth-order valence-corrected chi connectivity index (χ4v) is 3.80. The molecule has 0 radical (unpaired) electrons. The molecule has 1 aliphatic carbocycles. The van der Waals surface area contributed by atoms with Crippen LogP contribution < -0.4 is 5.43 Å². The number of carbonyl (C=O) groups excluding carboxylic acids is 1. The van der Waals surface area contributed by atoms with Crippen molar-refractivity contribution >= 4 is 27.5 Å². The molecule has 2 aromatic rings. The number of nitrogens with one attached hydrogen (secondary N) is 1. The maximum Gasteiger partial charge on any atom is 0.272 e. The molecule has 2 aromatic carbocycles. The predicted octanol–water partition coefficient (Wildman–Crippen LogP) is 5.65. The molecular formula is C21H23BrN2O. The summed E-state index contributed by atoms with van der Waals surface area (Å²) in [5, 5.41) is 4.25. The van der Waals surface area contributed by atoms with Crippen molar-refractivity contribution in [1.82, 2.24) is 5.43 Å². The number of carbonyl (C=O) groups is 1. The number of hydrazone groups is 1. The van der Waals surface area contributed by atoms with Gasteiger partial charge in [0.2, 0.25) is 0 Å². The number of halogens is 1. The number of amides is 1. The van der Waals surface area contributed by atoms with E-state index in [2.05, 4.69) is 50.7 Å². The van der Waals surface area contributed by atoms with E-state index in [9.17, 15) is 4.79 Å². The van der Waals surface area contributed by atoms with Crippen molar-refractivity contribution in [2.75, 3.05) is 0 Å². The standard InChI is InChI=1S/C21H23BrN2O/c1-15(23-24-21(25)19-9-5-6-10-20(19)22)16-11-13-18(14-12-16)17-7-3-2-4-8-17/h5-6,9-14,17H,2-4,7-8H2,1H3,(H,24,25)/b23-15+. The summed E-state index contributed by atoms with van der Waals surface area (Å²) in [6.45, 7) is 1.91. The van der Waals surface area contributed by atoms with Gasteiger partial charge in [-0.2, -0.15) is 5.10 Å². The Hall–Kier alpha value is -1.94. The highest BCUT2D eigenvalue weighted by atomic mass is 79.9. The zero-order chi connectivity index (χ0) is 17.6. The molecule has 1 amide bonds. The van der Waals surface area contributed by atoms with Gasteiger partial charge in [0.25, 0.3) is 5.91 Å². The highest BCUT2D eigenvalue weighted by molar-refractivity contribution is 9.10. The third kappa shape index (κ3) is 4.57. The van der Waals surface area contributed by atoms with Gasteiger partial charge in [0.15, 0.2) is 0 Å². The number of benzene rings is 2. The van der Waals surface area contributed by atoms with Gasteiger partial charge in [-0.05, 0) is 64.9 Å². The first-order valence-corrected chi connectivity index (χ1v) is 9.64. The van der Waals surface area contributed by atoms with E-state index >= 15 is 0 Å². The minimum atomic E-state index is -0.217. The number of hydrogen-bond acceptors (Lipinski definition) is 2. The van der Waals surface area contributed by atoms with Crippen LogP contribution in [0.1, 0.15) is 66.4 Å². The molecule has 1 aliphatic rings. The number of hydrogen-bond donors (Lipinski definition) is 1. The fraction of sp³-hybridized carbons (Fsp3) is 0.333. The van der Waals surface area contributed by atoms with Gasteiger partial charge in [-0.15, -0.1) is 0 Å².